The van der Waals surface area contributed by atoms with E-state index in [0.717, 1.165) is 5.69 Å². The molecule has 0 N–H and O–H groups in total. The topological polar surface area (TPSA) is 8.17 Å². The molecule has 0 atom stereocenters. The molecule has 0 aliphatic heterocycles. The molecule has 0 aliphatic rings. The van der Waals surface area contributed by atoms with Crippen LogP contribution in [0.3, 0.4) is 0 Å². The molecule has 0 spiro atoms. The standard InChI is InChI=1S/C48H34N2/c1-31-12-6-9-17-42(31)49(43-18-10-7-13-32(43)2)37-25-20-33(21-26-37)38-27-22-34-23-29-41-47-35(24-28-39(38)46(34)47)30-45-48(41)40-16-8-11-19-44(40)50(45)36-14-4-3-5-15-36/h3-30H,1-2H3. The quantitative estimate of drug-likeness (QED) is 0.170. The molecule has 10 aromatic rings. The molecule has 0 saturated carbocycles. The fraction of sp³-hybridized carbons (Fsp3) is 0.0417. The summed E-state index contributed by atoms with van der Waals surface area (Å²) < 4.78 is 2.42. The summed E-state index contributed by atoms with van der Waals surface area (Å²) >= 11 is 0. The van der Waals surface area contributed by atoms with Gasteiger partial charge in [-0.25, -0.2) is 0 Å². The first kappa shape index (κ1) is 28.6. The van der Waals surface area contributed by atoms with Gasteiger partial charge in [0.2, 0.25) is 0 Å². The molecule has 0 fully saturated rings. The summed E-state index contributed by atoms with van der Waals surface area (Å²) in [6.07, 6.45) is 0. The van der Waals surface area contributed by atoms with Crippen molar-refractivity contribution in [2.45, 2.75) is 13.8 Å². The lowest BCUT2D eigenvalue weighted by atomic mass is 9.88. The summed E-state index contributed by atoms with van der Waals surface area (Å²) in [5.41, 5.74) is 12.1. The third kappa shape index (κ3) is 4.22. The van der Waals surface area contributed by atoms with Gasteiger partial charge in [-0.15, -0.1) is 0 Å². The zero-order valence-corrected chi connectivity index (χ0v) is 28.1. The number of hydrogen-bond acceptors (Lipinski definition) is 1. The van der Waals surface area contributed by atoms with E-state index in [1.165, 1.54) is 93.4 Å². The van der Waals surface area contributed by atoms with E-state index in [2.05, 4.69) is 193 Å². The van der Waals surface area contributed by atoms with Crippen LogP contribution in [0.15, 0.2) is 170 Å². The number of nitrogens with zero attached hydrogens (tertiary/aromatic N) is 2. The normalized spacial score (nSPS) is 11.8. The summed E-state index contributed by atoms with van der Waals surface area (Å²) in [5, 5.41) is 10.4. The molecule has 2 nitrogen and oxygen atoms in total. The van der Waals surface area contributed by atoms with Crippen LogP contribution in [0.5, 0.6) is 0 Å². The number of anilines is 3. The second kappa shape index (κ2) is 11.1. The Morgan fingerprint density at radius 2 is 1.02 bits per heavy atom. The van der Waals surface area contributed by atoms with Crippen molar-refractivity contribution in [3.63, 3.8) is 0 Å². The summed E-state index contributed by atoms with van der Waals surface area (Å²) in [5.74, 6) is 0. The molecule has 0 aliphatic carbocycles. The molecular weight excluding hydrogens is 605 g/mol. The van der Waals surface area contributed by atoms with Crippen LogP contribution < -0.4 is 4.90 Å². The van der Waals surface area contributed by atoms with Crippen LogP contribution in [0.1, 0.15) is 11.1 Å². The van der Waals surface area contributed by atoms with Crippen molar-refractivity contribution >= 4 is 71.2 Å². The maximum Gasteiger partial charge on any atom is 0.0553 e. The molecule has 236 valence electrons. The Labute approximate surface area is 291 Å². The van der Waals surface area contributed by atoms with Crippen molar-refractivity contribution in [1.29, 1.82) is 0 Å². The Hall–Kier alpha value is -6.38. The van der Waals surface area contributed by atoms with E-state index < -0.39 is 0 Å². The molecular formula is C48H34N2. The lowest BCUT2D eigenvalue weighted by Gasteiger charge is -2.28. The second-order valence-electron chi connectivity index (χ2n) is 13.4. The number of aromatic nitrogens is 1. The van der Waals surface area contributed by atoms with Gasteiger partial charge in [-0.05, 0) is 117 Å². The van der Waals surface area contributed by atoms with E-state index in [4.69, 9.17) is 0 Å². The summed E-state index contributed by atoms with van der Waals surface area (Å²) in [7, 11) is 0. The lowest BCUT2D eigenvalue weighted by molar-refractivity contribution is 1.18. The Morgan fingerprint density at radius 1 is 0.420 bits per heavy atom. The lowest BCUT2D eigenvalue weighted by Crippen LogP contribution is -2.12. The fourth-order valence-corrected chi connectivity index (χ4v) is 8.26. The predicted molar refractivity (Wildman–Crippen MR) is 214 cm³/mol. The Kier molecular flexibility index (Phi) is 6.34. The van der Waals surface area contributed by atoms with Crippen LogP contribution in [0, 0.1) is 13.8 Å². The predicted octanol–water partition coefficient (Wildman–Crippen LogP) is 13.4. The molecule has 2 heteroatoms. The number of fused-ring (bicyclic) bond motifs is 4. The molecule has 50 heavy (non-hydrogen) atoms. The van der Waals surface area contributed by atoms with Crippen molar-refractivity contribution in [2.75, 3.05) is 4.90 Å². The zero-order valence-electron chi connectivity index (χ0n) is 28.1. The van der Waals surface area contributed by atoms with Gasteiger partial charge >= 0.3 is 0 Å². The molecule has 0 saturated heterocycles. The fourth-order valence-electron chi connectivity index (χ4n) is 8.26. The number of hydrogen-bond donors (Lipinski definition) is 0. The smallest absolute Gasteiger partial charge is 0.0553 e. The monoisotopic (exact) mass is 638 g/mol. The van der Waals surface area contributed by atoms with Crippen LogP contribution in [-0.2, 0) is 0 Å². The molecule has 1 heterocycles. The van der Waals surface area contributed by atoms with Crippen LogP contribution in [-0.4, -0.2) is 4.57 Å². The van der Waals surface area contributed by atoms with Gasteiger partial charge in [-0.2, -0.15) is 0 Å². The highest BCUT2D eigenvalue weighted by Gasteiger charge is 2.20. The highest BCUT2D eigenvalue weighted by Crippen LogP contribution is 2.45. The van der Waals surface area contributed by atoms with Crippen LogP contribution >= 0.6 is 0 Å². The van der Waals surface area contributed by atoms with E-state index >= 15 is 0 Å². The van der Waals surface area contributed by atoms with Crippen molar-refractivity contribution in [3.05, 3.63) is 181 Å². The van der Waals surface area contributed by atoms with Gasteiger partial charge in [-0.1, -0.05) is 121 Å². The first-order valence-electron chi connectivity index (χ1n) is 17.4. The highest BCUT2D eigenvalue weighted by molar-refractivity contribution is 6.34. The van der Waals surface area contributed by atoms with Gasteiger partial charge in [-0.3, -0.25) is 0 Å². The van der Waals surface area contributed by atoms with Crippen LogP contribution in [0.25, 0.3) is 70.9 Å². The average Bonchev–Trinajstić information content (AvgIpc) is 3.50. The Morgan fingerprint density at radius 3 is 1.76 bits per heavy atom. The first-order chi connectivity index (χ1) is 24.7. The number of benzene rings is 9. The third-order valence-electron chi connectivity index (χ3n) is 10.6. The minimum atomic E-state index is 1.15. The van der Waals surface area contributed by atoms with E-state index in [9.17, 15) is 0 Å². The summed E-state index contributed by atoms with van der Waals surface area (Å²) in [6.45, 7) is 4.37. The van der Waals surface area contributed by atoms with E-state index in [0.29, 0.717) is 0 Å². The summed E-state index contributed by atoms with van der Waals surface area (Å²) in [6, 6.07) is 62.3. The minimum absolute atomic E-state index is 1.15. The number of para-hydroxylation sites is 4. The van der Waals surface area contributed by atoms with Crippen molar-refractivity contribution in [2.24, 2.45) is 0 Å². The molecule has 9 aromatic carbocycles. The molecule has 0 amide bonds. The molecule has 0 unspecified atom stereocenters. The molecule has 0 bridgehead atoms. The Bertz CT molecular complexity index is 2830. The molecule has 1 aromatic heterocycles. The minimum Gasteiger partial charge on any atom is -0.310 e. The molecule has 10 rings (SSSR count). The average molecular weight is 639 g/mol. The van der Waals surface area contributed by atoms with E-state index in [-0.39, 0.29) is 0 Å². The number of rotatable bonds is 5. The second-order valence-corrected chi connectivity index (χ2v) is 13.4. The van der Waals surface area contributed by atoms with Gasteiger partial charge in [0.1, 0.15) is 0 Å². The third-order valence-corrected chi connectivity index (χ3v) is 10.6. The van der Waals surface area contributed by atoms with Gasteiger partial charge in [0.15, 0.2) is 0 Å². The van der Waals surface area contributed by atoms with Crippen LogP contribution in [0.2, 0.25) is 0 Å². The van der Waals surface area contributed by atoms with Crippen molar-refractivity contribution < 1.29 is 0 Å². The van der Waals surface area contributed by atoms with Gasteiger partial charge in [0.05, 0.1) is 11.0 Å². The van der Waals surface area contributed by atoms with Crippen molar-refractivity contribution in [1.82, 2.24) is 4.57 Å². The van der Waals surface area contributed by atoms with E-state index in [1.54, 1.807) is 0 Å². The SMILES string of the molecule is Cc1ccccc1N(c1ccc(-c2ccc3ccc4c5c(ccc2c35)cc2c4c3ccccc3n2-c2ccccc2)cc1)c1ccccc1C. The molecule has 0 radical (unpaired) electrons. The van der Waals surface area contributed by atoms with Gasteiger partial charge in [0, 0.05) is 33.5 Å². The highest BCUT2D eigenvalue weighted by atomic mass is 15.1. The zero-order chi connectivity index (χ0) is 33.3. The Balaban J connectivity index is 1.17. The van der Waals surface area contributed by atoms with Crippen molar-refractivity contribution in [3.8, 4) is 16.8 Å². The first-order valence-corrected chi connectivity index (χ1v) is 17.4. The van der Waals surface area contributed by atoms with E-state index in [1.807, 2.05) is 0 Å². The van der Waals surface area contributed by atoms with Gasteiger partial charge < -0.3 is 9.47 Å². The maximum atomic E-state index is 2.42. The number of aryl methyl sites for hydroxylation is 2. The van der Waals surface area contributed by atoms with Gasteiger partial charge in [0.25, 0.3) is 0 Å². The van der Waals surface area contributed by atoms with Crippen LogP contribution in [0.4, 0.5) is 17.1 Å². The largest absolute Gasteiger partial charge is 0.310 e. The maximum absolute atomic E-state index is 2.42. The summed E-state index contributed by atoms with van der Waals surface area (Å²) in [4.78, 5) is 2.38.